The molecule has 1 saturated heterocycles. The van der Waals surface area contributed by atoms with E-state index >= 15 is 0 Å². The number of hydrogen-bond acceptors (Lipinski definition) is 4. The molecule has 3 N–H and O–H groups in total. The van der Waals surface area contributed by atoms with Crippen LogP contribution in [0.3, 0.4) is 0 Å². The van der Waals surface area contributed by atoms with Crippen LogP contribution in [0.5, 0.6) is 0 Å². The number of aryl methyl sites for hydroxylation is 1. The van der Waals surface area contributed by atoms with E-state index < -0.39 is 10.0 Å². The number of hydrogen-bond donors (Lipinski definition) is 2. The summed E-state index contributed by atoms with van der Waals surface area (Å²) >= 11 is 0. The molecule has 1 aromatic carbocycles. The summed E-state index contributed by atoms with van der Waals surface area (Å²) in [7, 11) is -3.53. The predicted octanol–water partition coefficient (Wildman–Crippen LogP) is 1.59. The molecule has 1 heterocycles. The Morgan fingerprint density at radius 2 is 2.14 bits per heavy atom. The van der Waals surface area contributed by atoms with E-state index in [1.165, 1.54) is 0 Å². The van der Waals surface area contributed by atoms with E-state index in [0.29, 0.717) is 24.2 Å². The average molecular weight is 311 g/mol. The molecule has 1 aliphatic rings. The molecule has 1 atom stereocenters. The van der Waals surface area contributed by atoms with Crippen molar-refractivity contribution in [3.63, 3.8) is 0 Å². The Balaban J connectivity index is 1.99. The third-order valence-corrected chi connectivity index (χ3v) is 5.56. The number of anilines is 1. The molecule has 0 spiro atoms. The number of nitrogens with one attached hydrogen (secondary N) is 1. The molecule has 1 aliphatic heterocycles. The fraction of sp³-hybridized carbons (Fsp3) is 0.600. The van der Waals surface area contributed by atoms with Crippen molar-refractivity contribution in [2.45, 2.75) is 38.1 Å². The van der Waals surface area contributed by atoms with Crippen molar-refractivity contribution >= 4 is 15.7 Å². The van der Waals surface area contributed by atoms with Crippen LogP contribution in [0.25, 0.3) is 0 Å². The molecule has 0 aliphatic carbocycles. The summed E-state index contributed by atoms with van der Waals surface area (Å²) in [5.41, 5.74) is 7.08. The van der Waals surface area contributed by atoms with Crippen molar-refractivity contribution in [1.82, 2.24) is 9.62 Å². The van der Waals surface area contributed by atoms with E-state index in [2.05, 4.69) is 23.5 Å². The lowest BCUT2D eigenvalue weighted by Gasteiger charge is -2.20. The van der Waals surface area contributed by atoms with Crippen LogP contribution in [0.1, 0.15) is 25.8 Å². The van der Waals surface area contributed by atoms with Gasteiger partial charge in [-0.05, 0) is 57.4 Å². The SMILES string of the molecule is Cc1ccc(S(=O)(=O)NCC2CCN(C(C)C)C2)c(N)c1. The van der Waals surface area contributed by atoms with Crippen molar-refractivity contribution in [3.8, 4) is 0 Å². The van der Waals surface area contributed by atoms with Gasteiger partial charge >= 0.3 is 0 Å². The van der Waals surface area contributed by atoms with Gasteiger partial charge in [-0.2, -0.15) is 0 Å². The highest BCUT2D eigenvalue weighted by Crippen LogP contribution is 2.21. The summed E-state index contributed by atoms with van der Waals surface area (Å²) in [4.78, 5) is 2.55. The average Bonchev–Trinajstić information content (AvgIpc) is 2.85. The Morgan fingerprint density at radius 1 is 1.43 bits per heavy atom. The normalized spacial score (nSPS) is 20.3. The Kier molecular flexibility index (Phi) is 4.91. The van der Waals surface area contributed by atoms with Gasteiger partial charge in [0.1, 0.15) is 4.90 Å². The van der Waals surface area contributed by atoms with Crippen LogP contribution in [0.15, 0.2) is 23.1 Å². The molecule has 1 aromatic rings. The van der Waals surface area contributed by atoms with Gasteiger partial charge in [-0.3, -0.25) is 0 Å². The summed E-state index contributed by atoms with van der Waals surface area (Å²) < 4.78 is 27.4. The number of sulfonamides is 1. The second-order valence-electron chi connectivity index (χ2n) is 6.14. The van der Waals surface area contributed by atoms with Gasteiger partial charge in [0, 0.05) is 19.1 Å². The standard InChI is InChI=1S/C15H25N3O2S/c1-11(2)18-7-6-13(10-18)9-17-21(19,20)15-5-4-12(3)8-14(15)16/h4-5,8,11,13,17H,6-7,9-10,16H2,1-3H3. The summed E-state index contributed by atoms with van der Waals surface area (Å²) in [6.45, 7) is 8.68. The van der Waals surface area contributed by atoms with Crippen molar-refractivity contribution in [1.29, 1.82) is 0 Å². The molecule has 0 saturated carbocycles. The Bertz CT molecular complexity index is 599. The minimum atomic E-state index is -3.53. The zero-order valence-electron chi connectivity index (χ0n) is 13.0. The molecule has 2 rings (SSSR count). The molecular weight excluding hydrogens is 286 g/mol. The number of nitrogens with two attached hydrogens (primary N) is 1. The third-order valence-electron chi connectivity index (χ3n) is 4.06. The van der Waals surface area contributed by atoms with Crippen LogP contribution in [0.2, 0.25) is 0 Å². The molecule has 1 fully saturated rings. The van der Waals surface area contributed by atoms with E-state index in [1.54, 1.807) is 18.2 Å². The van der Waals surface area contributed by atoms with Crippen molar-refractivity contribution in [3.05, 3.63) is 23.8 Å². The molecule has 0 amide bonds. The highest BCUT2D eigenvalue weighted by Gasteiger charge is 2.26. The number of benzene rings is 1. The van der Waals surface area contributed by atoms with Crippen LogP contribution in [0.4, 0.5) is 5.69 Å². The monoisotopic (exact) mass is 311 g/mol. The minimum absolute atomic E-state index is 0.173. The zero-order valence-corrected chi connectivity index (χ0v) is 13.8. The molecule has 0 radical (unpaired) electrons. The molecule has 5 nitrogen and oxygen atoms in total. The first-order valence-corrected chi connectivity index (χ1v) is 8.88. The number of nitrogen functional groups attached to an aromatic ring is 1. The Labute approximate surface area is 127 Å². The first-order valence-electron chi connectivity index (χ1n) is 7.39. The van der Waals surface area contributed by atoms with Gasteiger partial charge in [-0.1, -0.05) is 6.07 Å². The fourth-order valence-corrected chi connectivity index (χ4v) is 3.94. The Morgan fingerprint density at radius 3 is 2.71 bits per heavy atom. The van der Waals surface area contributed by atoms with E-state index in [1.807, 2.05) is 6.92 Å². The lowest BCUT2D eigenvalue weighted by molar-refractivity contribution is 0.265. The topological polar surface area (TPSA) is 75.4 Å². The molecule has 1 unspecified atom stereocenters. The molecule has 0 aromatic heterocycles. The second-order valence-corrected chi connectivity index (χ2v) is 7.87. The van der Waals surface area contributed by atoms with Crippen molar-refractivity contribution < 1.29 is 8.42 Å². The third kappa shape index (κ3) is 3.96. The summed E-state index contributed by atoms with van der Waals surface area (Å²) in [5.74, 6) is 0.369. The van der Waals surface area contributed by atoms with Gasteiger partial charge in [-0.25, -0.2) is 13.1 Å². The van der Waals surface area contributed by atoms with Crippen molar-refractivity contribution in [2.24, 2.45) is 5.92 Å². The first kappa shape index (κ1) is 16.3. The lowest BCUT2D eigenvalue weighted by Crippen LogP contribution is -2.33. The highest BCUT2D eigenvalue weighted by atomic mass is 32.2. The van der Waals surface area contributed by atoms with Crippen molar-refractivity contribution in [2.75, 3.05) is 25.4 Å². The van der Waals surface area contributed by atoms with Gasteiger partial charge in [-0.15, -0.1) is 0 Å². The van der Waals surface area contributed by atoms with Crippen LogP contribution in [-0.2, 0) is 10.0 Å². The summed E-state index contributed by atoms with van der Waals surface area (Å²) in [6.07, 6.45) is 1.03. The van der Waals surface area contributed by atoms with Gasteiger partial charge in [0.05, 0.1) is 5.69 Å². The van der Waals surface area contributed by atoms with Crippen LogP contribution >= 0.6 is 0 Å². The molecule has 6 heteroatoms. The van der Waals surface area contributed by atoms with Gasteiger partial charge in [0.15, 0.2) is 0 Å². The first-order chi connectivity index (χ1) is 9.79. The number of rotatable bonds is 5. The Hall–Kier alpha value is -1.11. The second kappa shape index (κ2) is 6.34. The smallest absolute Gasteiger partial charge is 0.242 e. The summed E-state index contributed by atoms with van der Waals surface area (Å²) in [5, 5.41) is 0. The molecule has 118 valence electrons. The van der Waals surface area contributed by atoms with E-state index in [9.17, 15) is 8.42 Å². The quantitative estimate of drug-likeness (QED) is 0.810. The van der Waals surface area contributed by atoms with Crippen LogP contribution < -0.4 is 10.5 Å². The lowest BCUT2D eigenvalue weighted by atomic mass is 10.1. The highest BCUT2D eigenvalue weighted by molar-refractivity contribution is 7.89. The maximum absolute atomic E-state index is 12.3. The molecule has 0 bridgehead atoms. The zero-order chi connectivity index (χ0) is 15.6. The maximum atomic E-state index is 12.3. The molecule has 21 heavy (non-hydrogen) atoms. The van der Waals surface area contributed by atoms with E-state index in [-0.39, 0.29) is 4.90 Å². The molecular formula is C15H25N3O2S. The van der Waals surface area contributed by atoms with E-state index in [0.717, 1.165) is 25.1 Å². The number of likely N-dealkylation sites (tertiary alicyclic amines) is 1. The fourth-order valence-electron chi connectivity index (χ4n) is 2.72. The minimum Gasteiger partial charge on any atom is -0.398 e. The van der Waals surface area contributed by atoms with Gasteiger partial charge < -0.3 is 10.6 Å². The summed E-state index contributed by atoms with van der Waals surface area (Å²) in [6, 6.07) is 5.53. The maximum Gasteiger partial charge on any atom is 0.242 e. The van der Waals surface area contributed by atoms with Gasteiger partial charge in [0.25, 0.3) is 0 Å². The predicted molar refractivity (Wildman–Crippen MR) is 85.6 cm³/mol. The number of nitrogens with zero attached hydrogens (tertiary/aromatic N) is 1. The van der Waals surface area contributed by atoms with Crippen LogP contribution in [0, 0.1) is 12.8 Å². The van der Waals surface area contributed by atoms with Crippen LogP contribution in [-0.4, -0.2) is 39.0 Å². The van der Waals surface area contributed by atoms with Gasteiger partial charge in [0.2, 0.25) is 10.0 Å². The van der Waals surface area contributed by atoms with E-state index in [4.69, 9.17) is 5.73 Å². The largest absolute Gasteiger partial charge is 0.398 e.